The highest BCUT2D eigenvalue weighted by Crippen LogP contribution is 2.34. The minimum atomic E-state index is -0.946. The lowest BCUT2D eigenvalue weighted by Gasteiger charge is -2.22. The summed E-state index contributed by atoms with van der Waals surface area (Å²) in [5.74, 6) is -0.908. The summed E-state index contributed by atoms with van der Waals surface area (Å²) >= 11 is 3.19. The van der Waals surface area contributed by atoms with Crippen molar-refractivity contribution in [1.82, 2.24) is 5.32 Å². The number of hydrogen-bond donors (Lipinski definition) is 2. The Balaban J connectivity index is 2.37. The van der Waals surface area contributed by atoms with Gasteiger partial charge in [-0.05, 0) is 25.5 Å². The van der Waals surface area contributed by atoms with Gasteiger partial charge in [0.1, 0.15) is 0 Å². The highest BCUT2D eigenvalue weighted by Gasteiger charge is 2.42. The van der Waals surface area contributed by atoms with Gasteiger partial charge in [0.25, 0.3) is 5.69 Å². The minimum absolute atomic E-state index is 0.0399. The molecule has 1 aliphatic heterocycles. The number of rotatable bonds is 4. The molecule has 0 saturated carbocycles. The van der Waals surface area contributed by atoms with Crippen LogP contribution >= 0.6 is 15.9 Å². The molecule has 0 bridgehead atoms. The normalized spacial score (nSPS) is 22.4. The van der Waals surface area contributed by atoms with Crippen molar-refractivity contribution >= 4 is 27.6 Å². The quantitative estimate of drug-likeness (QED) is 0.651. The second kappa shape index (κ2) is 5.26. The van der Waals surface area contributed by atoms with Gasteiger partial charge >= 0.3 is 5.97 Å². The summed E-state index contributed by atoms with van der Waals surface area (Å²) in [4.78, 5) is 22.0. The highest BCUT2D eigenvalue weighted by molar-refractivity contribution is 9.10. The van der Waals surface area contributed by atoms with Crippen molar-refractivity contribution in [3.63, 3.8) is 0 Å². The Kier molecular flexibility index (Phi) is 3.86. The second-order valence-electron chi connectivity index (χ2n) is 4.72. The zero-order valence-electron chi connectivity index (χ0n) is 10.1. The van der Waals surface area contributed by atoms with Crippen LogP contribution in [0, 0.1) is 15.5 Å². The molecule has 1 unspecified atom stereocenters. The largest absolute Gasteiger partial charge is 0.481 e. The van der Waals surface area contributed by atoms with Crippen molar-refractivity contribution in [2.24, 2.45) is 5.41 Å². The Hall–Kier alpha value is -1.47. The van der Waals surface area contributed by atoms with Crippen LogP contribution in [0.15, 0.2) is 22.7 Å². The highest BCUT2D eigenvalue weighted by atomic mass is 79.9. The number of carboxylic acids is 1. The van der Waals surface area contributed by atoms with E-state index in [0.717, 1.165) is 0 Å². The predicted molar refractivity (Wildman–Crippen MR) is 72.1 cm³/mol. The minimum Gasteiger partial charge on any atom is -0.481 e. The van der Waals surface area contributed by atoms with Crippen LogP contribution < -0.4 is 5.32 Å². The topological polar surface area (TPSA) is 92.5 Å². The molecule has 1 atom stereocenters. The number of nitrogens with zero attached hydrogens (tertiary/aromatic N) is 1. The maximum Gasteiger partial charge on any atom is 0.311 e. The molecule has 7 heteroatoms. The van der Waals surface area contributed by atoms with Crippen LogP contribution in [0.4, 0.5) is 5.69 Å². The standard InChI is InChI=1S/C12H13BrN2O4/c13-9-2-1-8(10(5-9)15(18)19)6-12(11(16)17)3-4-14-7-12/h1-2,5,14H,3-4,6-7H2,(H,16,17). The van der Waals surface area contributed by atoms with Crippen LogP contribution in [0.3, 0.4) is 0 Å². The smallest absolute Gasteiger partial charge is 0.311 e. The third kappa shape index (κ3) is 2.76. The molecule has 0 aromatic heterocycles. The number of halogens is 1. The third-order valence-electron chi connectivity index (χ3n) is 3.47. The van der Waals surface area contributed by atoms with E-state index in [1.807, 2.05) is 0 Å². The van der Waals surface area contributed by atoms with Gasteiger partial charge in [0.05, 0.1) is 10.3 Å². The first-order chi connectivity index (χ1) is 8.94. The van der Waals surface area contributed by atoms with Gasteiger partial charge in [-0.3, -0.25) is 14.9 Å². The number of hydrogen-bond acceptors (Lipinski definition) is 4. The molecule has 0 aliphatic carbocycles. The van der Waals surface area contributed by atoms with Crippen LogP contribution in [-0.4, -0.2) is 29.1 Å². The molecular formula is C12H13BrN2O4. The first-order valence-corrected chi connectivity index (χ1v) is 6.61. The molecule has 1 aromatic rings. The van der Waals surface area contributed by atoms with Crippen LogP contribution in [0.5, 0.6) is 0 Å². The number of nitro groups is 1. The van der Waals surface area contributed by atoms with Gasteiger partial charge < -0.3 is 10.4 Å². The Morgan fingerprint density at radius 3 is 2.84 bits per heavy atom. The third-order valence-corrected chi connectivity index (χ3v) is 3.96. The number of aliphatic carboxylic acids is 1. The summed E-state index contributed by atoms with van der Waals surface area (Å²) in [6.45, 7) is 0.964. The van der Waals surface area contributed by atoms with Crippen molar-refractivity contribution in [3.05, 3.63) is 38.3 Å². The van der Waals surface area contributed by atoms with E-state index in [4.69, 9.17) is 0 Å². The monoisotopic (exact) mass is 328 g/mol. The van der Waals surface area contributed by atoms with E-state index in [-0.39, 0.29) is 12.1 Å². The summed E-state index contributed by atoms with van der Waals surface area (Å²) in [6.07, 6.45) is 0.647. The Bertz CT molecular complexity index is 526. The van der Waals surface area contributed by atoms with E-state index in [1.54, 1.807) is 12.1 Å². The van der Waals surface area contributed by atoms with Crippen LogP contribution in [0.2, 0.25) is 0 Å². The number of nitrogens with one attached hydrogen (secondary N) is 1. The summed E-state index contributed by atoms with van der Waals surface area (Å²) in [6, 6.07) is 4.72. The maximum atomic E-state index is 11.5. The average molecular weight is 329 g/mol. The fraction of sp³-hybridized carbons (Fsp3) is 0.417. The van der Waals surface area contributed by atoms with Crippen LogP contribution in [0.1, 0.15) is 12.0 Å². The van der Waals surface area contributed by atoms with E-state index >= 15 is 0 Å². The van der Waals surface area contributed by atoms with Crippen molar-refractivity contribution in [1.29, 1.82) is 0 Å². The molecule has 2 rings (SSSR count). The van der Waals surface area contributed by atoms with Crippen LogP contribution in [0.25, 0.3) is 0 Å². The van der Waals surface area contributed by atoms with Gasteiger partial charge in [0, 0.05) is 22.6 Å². The molecule has 1 aliphatic rings. The fourth-order valence-corrected chi connectivity index (χ4v) is 2.72. The summed E-state index contributed by atoms with van der Waals surface area (Å²) in [5, 5.41) is 23.4. The van der Waals surface area contributed by atoms with Crippen molar-refractivity contribution < 1.29 is 14.8 Å². The summed E-state index contributed by atoms with van der Waals surface area (Å²) < 4.78 is 0.608. The van der Waals surface area contributed by atoms with Gasteiger partial charge in [-0.1, -0.05) is 22.0 Å². The van der Waals surface area contributed by atoms with Gasteiger partial charge in [0.2, 0.25) is 0 Å². The van der Waals surface area contributed by atoms with E-state index in [2.05, 4.69) is 21.2 Å². The van der Waals surface area contributed by atoms with Crippen LogP contribution in [-0.2, 0) is 11.2 Å². The number of nitro benzene ring substituents is 1. The molecule has 2 N–H and O–H groups in total. The molecule has 1 fully saturated rings. The summed E-state index contributed by atoms with van der Waals surface area (Å²) in [5.41, 5.74) is -0.528. The first kappa shape index (κ1) is 14.0. The number of benzene rings is 1. The number of carbonyl (C=O) groups is 1. The SMILES string of the molecule is O=C(O)C1(Cc2ccc(Br)cc2[N+](=O)[O-])CCNC1. The van der Waals surface area contributed by atoms with Gasteiger partial charge in [-0.2, -0.15) is 0 Å². The zero-order chi connectivity index (χ0) is 14.0. The Labute approximate surface area is 118 Å². The molecular weight excluding hydrogens is 316 g/mol. The molecule has 0 radical (unpaired) electrons. The van der Waals surface area contributed by atoms with Crippen molar-refractivity contribution in [2.75, 3.05) is 13.1 Å². The Morgan fingerprint density at radius 2 is 2.32 bits per heavy atom. The number of carboxylic acid groups (broad SMARTS) is 1. The molecule has 6 nitrogen and oxygen atoms in total. The molecule has 0 amide bonds. The average Bonchev–Trinajstić information content (AvgIpc) is 2.81. The van der Waals surface area contributed by atoms with E-state index in [0.29, 0.717) is 29.5 Å². The molecule has 1 saturated heterocycles. The zero-order valence-corrected chi connectivity index (χ0v) is 11.6. The predicted octanol–water partition coefficient (Wildman–Crippen LogP) is 1.96. The second-order valence-corrected chi connectivity index (χ2v) is 5.63. The summed E-state index contributed by atoms with van der Waals surface area (Å²) in [7, 11) is 0. The lowest BCUT2D eigenvalue weighted by molar-refractivity contribution is -0.385. The molecule has 19 heavy (non-hydrogen) atoms. The Morgan fingerprint density at radius 1 is 1.58 bits per heavy atom. The molecule has 1 heterocycles. The van der Waals surface area contributed by atoms with Gasteiger partial charge in [-0.25, -0.2) is 0 Å². The van der Waals surface area contributed by atoms with Gasteiger partial charge in [-0.15, -0.1) is 0 Å². The lowest BCUT2D eigenvalue weighted by Crippen LogP contribution is -2.35. The van der Waals surface area contributed by atoms with Crippen molar-refractivity contribution in [3.8, 4) is 0 Å². The molecule has 1 aromatic carbocycles. The molecule has 0 spiro atoms. The lowest BCUT2D eigenvalue weighted by atomic mass is 9.80. The maximum absolute atomic E-state index is 11.5. The fourth-order valence-electron chi connectivity index (χ4n) is 2.37. The van der Waals surface area contributed by atoms with Gasteiger partial charge in [0.15, 0.2) is 0 Å². The van der Waals surface area contributed by atoms with E-state index in [1.165, 1.54) is 6.07 Å². The van der Waals surface area contributed by atoms with E-state index in [9.17, 15) is 20.0 Å². The first-order valence-electron chi connectivity index (χ1n) is 5.81. The van der Waals surface area contributed by atoms with E-state index < -0.39 is 16.3 Å². The molecule has 102 valence electrons. The van der Waals surface area contributed by atoms with Crippen molar-refractivity contribution in [2.45, 2.75) is 12.8 Å².